The second-order valence-corrected chi connectivity index (χ2v) is 7.35. The number of fused-ring (bicyclic) bond motifs is 1. The zero-order chi connectivity index (χ0) is 19.1. The first-order valence-corrected chi connectivity index (χ1v) is 9.23. The number of hydrogen-bond donors (Lipinski definition) is 0. The van der Waals surface area contributed by atoms with Crippen LogP contribution in [0.1, 0.15) is 22.8 Å². The van der Waals surface area contributed by atoms with Gasteiger partial charge in [0.25, 0.3) is 0 Å². The van der Waals surface area contributed by atoms with Gasteiger partial charge in [0.05, 0.1) is 17.7 Å². The lowest BCUT2D eigenvalue weighted by molar-refractivity contribution is -0.118. The highest BCUT2D eigenvalue weighted by atomic mass is 32.1. The summed E-state index contributed by atoms with van der Waals surface area (Å²) in [7, 11) is 3.22. The van der Waals surface area contributed by atoms with Crippen LogP contribution in [-0.4, -0.2) is 17.6 Å². The molecule has 7 heteroatoms. The Morgan fingerprint density at radius 2 is 1.89 bits per heavy atom. The monoisotopic (exact) mass is 384 g/mol. The van der Waals surface area contributed by atoms with Crippen LogP contribution in [0.2, 0.25) is 0 Å². The first-order valence-electron chi connectivity index (χ1n) is 8.41. The van der Waals surface area contributed by atoms with Crippen LogP contribution in [0.15, 0.2) is 53.3 Å². The van der Waals surface area contributed by atoms with Gasteiger partial charge in [0.15, 0.2) is 0 Å². The van der Waals surface area contributed by atoms with Gasteiger partial charge < -0.3 is 4.74 Å². The third-order valence-electron chi connectivity index (χ3n) is 4.75. The number of thiazole rings is 1. The Balaban J connectivity index is 1.88. The summed E-state index contributed by atoms with van der Waals surface area (Å²) in [6, 6.07) is 13.3. The first kappa shape index (κ1) is 17.5. The first-order chi connectivity index (χ1) is 13.0. The van der Waals surface area contributed by atoms with Gasteiger partial charge in [-0.1, -0.05) is 29.5 Å². The molecule has 0 N–H and O–H groups in total. The molecule has 2 heterocycles. The fourth-order valence-electron chi connectivity index (χ4n) is 3.40. The van der Waals surface area contributed by atoms with Gasteiger partial charge in [-0.2, -0.15) is 0 Å². The van der Waals surface area contributed by atoms with Crippen molar-refractivity contribution in [3.8, 4) is 5.75 Å². The van der Waals surface area contributed by atoms with Gasteiger partial charge >= 0.3 is 4.87 Å². The third-order valence-corrected chi connectivity index (χ3v) is 5.89. The number of nitrogens with zero attached hydrogens (tertiary/aromatic N) is 2. The highest BCUT2D eigenvalue weighted by molar-refractivity contribution is 7.10. The van der Waals surface area contributed by atoms with E-state index in [4.69, 9.17) is 4.74 Å². The van der Waals surface area contributed by atoms with Crippen molar-refractivity contribution in [3.63, 3.8) is 0 Å². The number of halogens is 1. The number of benzene rings is 2. The molecule has 5 nitrogen and oxygen atoms in total. The molecular formula is C20H17FN2O3S. The molecule has 3 aromatic rings. The lowest BCUT2D eigenvalue weighted by Crippen LogP contribution is -2.34. The summed E-state index contributed by atoms with van der Waals surface area (Å²) in [6.07, 6.45) is 0.204. The average Bonchev–Trinajstić information content (AvgIpc) is 2.97. The Hall–Kier alpha value is -2.93. The maximum Gasteiger partial charge on any atom is 0.308 e. The van der Waals surface area contributed by atoms with E-state index < -0.39 is 0 Å². The summed E-state index contributed by atoms with van der Waals surface area (Å²) < 4.78 is 20.1. The highest BCUT2D eigenvalue weighted by Crippen LogP contribution is 2.44. The Morgan fingerprint density at radius 3 is 2.59 bits per heavy atom. The van der Waals surface area contributed by atoms with E-state index in [1.165, 1.54) is 16.7 Å². The highest BCUT2D eigenvalue weighted by Gasteiger charge is 2.37. The molecule has 0 saturated heterocycles. The van der Waals surface area contributed by atoms with Crippen LogP contribution in [0.25, 0.3) is 0 Å². The number of methoxy groups -OCH3 is 1. The minimum absolute atomic E-state index is 0.126. The Kier molecular flexibility index (Phi) is 4.31. The standard InChI is InChI=1S/C20H17FN2O3S/c1-22-19-18(27-20(22)25)16(12-6-8-13(21)9-7-12)11-17(24)23(19)14-4-3-5-15(10-14)26-2/h3-10,16H,11H2,1-2H3/t16-/m1/s1. The summed E-state index contributed by atoms with van der Waals surface area (Å²) in [5.41, 5.74) is 1.46. The van der Waals surface area contributed by atoms with E-state index in [9.17, 15) is 14.0 Å². The SMILES string of the molecule is COc1cccc(N2C(=O)C[C@H](c3ccc(F)cc3)c3sc(=O)n(C)c32)c1. The van der Waals surface area contributed by atoms with Gasteiger partial charge in [-0.15, -0.1) is 0 Å². The molecule has 2 aromatic carbocycles. The molecule has 0 unspecified atom stereocenters. The minimum Gasteiger partial charge on any atom is -0.497 e. The van der Waals surface area contributed by atoms with Crippen molar-refractivity contribution in [1.29, 1.82) is 0 Å². The van der Waals surface area contributed by atoms with Crippen molar-refractivity contribution < 1.29 is 13.9 Å². The zero-order valence-electron chi connectivity index (χ0n) is 14.8. The van der Waals surface area contributed by atoms with E-state index in [0.717, 1.165) is 21.8 Å². The lowest BCUT2D eigenvalue weighted by Gasteiger charge is -2.32. The van der Waals surface area contributed by atoms with E-state index in [1.807, 2.05) is 6.07 Å². The molecule has 4 rings (SSSR count). The molecular weight excluding hydrogens is 367 g/mol. The molecule has 0 saturated carbocycles. The predicted molar refractivity (Wildman–Crippen MR) is 103 cm³/mol. The molecule has 1 amide bonds. The molecule has 0 aliphatic carbocycles. The number of anilines is 2. The summed E-state index contributed by atoms with van der Waals surface area (Å²) in [6.45, 7) is 0. The number of ether oxygens (including phenoxy) is 1. The number of aromatic nitrogens is 1. The second kappa shape index (κ2) is 6.66. The molecule has 1 aliphatic heterocycles. The van der Waals surface area contributed by atoms with Crippen LogP contribution in [0.5, 0.6) is 5.75 Å². The third kappa shape index (κ3) is 2.94. The fraction of sp³-hybridized carbons (Fsp3) is 0.200. The molecule has 138 valence electrons. The van der Waals surface area contributed by atoms with Crippen molar-refractivity contribution in [2.75, 3.05) is 12.0 Å². The summed E-state index contributed by atoms with van der Waals surface area (Å²) in [5.74, 6) is 0.458. The second-order valence-electron chi connectivity index (χ2n) is 6.35. The van der Waals surface area contributed by atoms with Crippen LogP contribution in [0, 0.1) is 5.82 Å². The molecule has 27 heavy (non-hydrogen) atoms. The molecule has 0 fully saturated rings. The molecule has 1 aromatic heterocycles. The maximum atomic E-state index is 13.3. The number of carbonyl (C=O) groups is 1. The number of hydrogen-bond acceptors (Lipinski definition) is 4. The van der Waals surface area contributed by atoms with Crippen molar-refractivity contribution in [2.45, 2.75) is 12.3 Å². The van der Waals surface area contributed by atoms with Crippen LogP contribution >= 0.6 is 11.3 Å². The van der Waals surface area contributed by atoms with Crippen LogP contribution < -0.4 is 14.5 Å². The number of amides is 1. The zero-order valence-corrected chi connectivity index (χ0v) is 15.6. The van der Waals surface area contributed by atoms with E-state index in [1.54, 1.807) is 49.4 Å². The normalized spacial score (nSPS) is 16.3. The summed E-state index contributed by atoms with van der Waals surface area (Å²) >= 11 is 1.12. The van der Waals surface area contributed by atoms with E-state index in [0.29, 0.717) is 17.3 Å². The van der Waals surface area contributed by atoms with Gasteiger partial charge in [-0.05, 0) is 29.8 Å². The fourth-order valence-corrected chi connectivity index (χ4v) is 4.50. The van der Waals surface area contributed by atoms with Gasteiger partial charge in [-0.3, -0.25) is 19.1 Å². The molecule has 1 atom stereocenters. The Bertz CT molecular complexity index is 1070. The van der Waals surface area contributed by atoms with E-state index >= 15 is 0 Å². The van der Waals surface area contributed by atoms with Crippen LogP contribution in [-0.2, 0) is 11.8 Å². The number of rotatable bonds is 3. The topological polar surface area (TPSA) is 51.5 Å². The van der Waals surface area contributed by atoms with Gasteiger partial charge in [0.2, 0.25) is 5.91 Å². The molecule has 0 spiro atoms. The van der Waals surface area contributed by atoms with Crippen LogP contribution in [0.3, 0.4) is 0 Å². The van der Waals surface area contributed by atoms with E-state index in [-0.39, 0.29) is 28.9 Å². The van der Waals surface area contributed by atoms with Gasteiger partial charge in [0, 0.05) is 25.5 Å². The summed E-state index contributed by atoms with van der Waals surface area (Å²) in [4.78, 5) is 27.7. The van der Waals surface area contributed by atoms with Crippen molar-refractivity contribution in [3.05, 3.63) is 74.5 Å². The predicted octanol–water partition coefficient (Wildman–Crippen LogP) is 3.79. The average molecular weight is 384 g/mol. The Labute approximate surface area is 159 Å². The largest absolute Gasteiger partial charge is 0.497 e. The summed E-state index contributed by atoms with van der Waals surface area (Å²) in [5, 5.41) is 0. The Morgan fingerprint density at radius 1 is 1.15 bits per heavy atom. The van der Waals surface area contributed by atoms with Crippen molar-refractivity contribution >= 4 is 28.7 Å². The smallest absolute Gasteiger partial charge is 0.308 e. The molecule has 1 aliphatic rings. The quantitative estimate of drug-likeness (QED) is 0.690. The van der Waals surface area contributed by atoms with Gasteiger partial charge in [-0.25, -0.2) is 4.39 Å². The molecule has 0 bridgehead atoms. The van der Waals surface area contributed by atoms with Crippen LogP contribution in [0.4, 0.5) is 15.9 Å². The molecule has 0 radical (unpaired) electrons. The lowest BCUT2D eigenvalue weighted by atomic mass is 9.90. The number of carbonyl (C=O) groups excluding carboxylic acids is 1. The minimum atomic E-state index is -0.333. The van der Waals surface area contributed by atoms with E-state index in [2.05, 4.69) is 0 Å². The van der Waals surface area contributed by atoms with Crippen molar-refractivity contribution in [2.24, 2.45) is 7.05 Å². The maximum absolute atomic E-state index is 13.3. The van der Waals surface area contributed by atoms with Crippen molar-refractivity contribution in [1.82, 2.24) is 4.57 Å². The van der Waals surface area contributed by atoms with Gasteiger partial charge in [0.1, 0.15) is 17.4 Å².